The predicted molar refractivity (Wildman–Crippen MR) is 106 cm³/mol. The highest BCUT2D eigenvalue weighted by Gasteiger charge is 2.49. The van der Waals surface area contributed by atoms with Crippen LogP contribution in [0, 0.1) is 11.7 Å². The molecule has 0 N–H and O–H groups in total. The van der Waals surface area contributed by atoms with E-state index in [0.717, 1.165) is 6.42 Å². The number of thioether (sulfide) groups is 1. The number of amidine groups is 1. The number of rotatable bonds is 4. The first kappa shape index (κ1) is 18.9. The molecule has 1 saturated carbocycles. The summed E-state index contributed by atoms with van der Waals surface area (Å²) in [7, 11) is -3.16. The van der Waals surface area contributed by atoms with E-state index in [9.17, 15) is 17.6 Å². The van der Waals surface area contributed by atoms with Gasteiger partial charge in [0.15, 0.2) is 15.0 Å². The largest absolute Gasteiger partial charge is 0.313 e. The maximum atomic E-state index is 14.4. The van der Waals surface area contributed by atoms with Gasteiger partial charge in [0.2, 0.25) is 5.91 Å². The lowest BCUT2D eigenvalue weighted by Gasteiger charge is -2.24. The van der Waals surface area contributed by atoms with Crippen LogP contribution in [0.2, 0.25) is 0 Å². The van der Waals surface area contributed by atoms with Crippen molar-refractivity contribution < 1.29 is 17.6 Å². The zero-order chi connectivity index (χ0) is 19.0. The number of amides is 1. The summed E-state index contributed by atoms with van der Waals surface area (Å²) in [6, 6.07) is 5.88. The highest BCUT2D eigenvalue weighted by Crippen LogP contribution is 2.41. The van der Waals surface area contributed by atoms with Crippen molar-refractivity contribution in [2.24, 2.45) is 10.9 Å². The van der Waals surface area contributed by atoms with E-state index in [-0.39, 0.29) is 34.4 Å². The van der Waals surface area contributed by atoms with Gasteiger partial charge in [-0.05, 0) is 24.5 Å². The highest BCUT2D eigenvalue weighted by atomic mass is 32.2. The molecule has 3 fully saturated rings. The first-order chi connectivity index (χ1) is 12.9. The van der Waals surface area contributed by atoms with Crippen LogP contribution in [0.3, 0.4) is 0 Å². The van der Waals surface area contributed by atoms with Gasteiger partial charge < -0.3 is 4.90 Å². The summed E-state index contributed by atoms with van der Waals surface area (Å²) in [5.41, 5.74) is 0.289. The number of benzene rings is 1. The number of anilines is 1. The molecule has 146 valence electrons. The molecule has 8 heteroatoms. The van der Waals surface area contributed by atoms with Crippen molar-refractivity contribution in [1.29, 1.82) is 0 Å². The number of para-hydroxylation sites is 1. The summed E-state index contributed by atoms with van der Waals surface area (Å²) in [4.78, 5) is 18.3. The van der Waals surface area contributed by atoms with Crippen LogP contribution in [0.25, 0.3) is 0 Å². The van der Waals surface area contributed by atoms with Gasteiger partial charge >= 0.3 is 0 Å². The Kier molecular flexibility index (Phi) is 5.29. The zero-order valence-corrected chi connectivity index (χ0v) is 16.6. The minimum absolute atomic E-state index is 0.0334. The Hall–Kier alpha value is -1.41. The molecule has 4 rings (SSSR count). The van der Waals surface area contributed by atoms with Gasteiger partial charge in [0, 0.05) is 11.7 Å². The molecule has 2 aliphatic heterocycles. The van der Waals surface area contributed by atoms with Crippen LogP contribution >= 0.6 is 11.8 Å². The van der Waals surface area contributed by atoms with Crippen LogP contribution in [-0.2, 0) is 14.6 Å². The van der Waals surface area contributed by atoms with Gasteiger partial charge in [-0.2, -0.15) is 4.99 Å². The lowest BCUT2D eigenvalue weighted by molar-refractivity contribution is -0.118. The number of halogens is 1. The van der Waals surface area contributed by atoms with Crippen LogP contribution in [0.5, 0.6) is 0 Å². The first-order valence-corrected chi connectivity index (χ1v) is 12.2. The number of aliphatic imine (C=N–C) groups is 1. The van der Waals surface area contributed by atoms with Crippen molar-refractivity contribution in [2.75, 3.05) is 16.4 Å². The van der Waals surface area contributed by atoms with Gasteiger partial charge in [-0.1, -0.05) is 49.6 Å². The van der Waals surface area contributed by atoms with Crippen molar-refractivity contribution in [2.45, 2.75) is 49.8 Å². The molecule has 0 spiro atoms. The average Bonchev–Trinajstić information content (AvgIpc) is 3.29. The molecule has 2 saturated heterocycles. The highest BCUT2D eigenvalue weighted by molar-refractivity contribution is 8.16. The summed E-state index contributed by atoms with van der Waals surface area (Å²) in [5, 5.41) is 0.220. The van der Waals surface area contributed by atoms with Crippen molar-refractivity contribution in [3.05, 3.63) is 30.1 Å². The van der Waals surface area contributed by atoms with E-state index < -0.39 is 15.7 Å². The molecule has 3 aliphatic rings. The number of fused-ring (bicyclic) bond motifs is 1. The zero-order valence-electron chi connectivity index (χ0n) is 15.0. The molecular formula is C19H23FN2O3S2. The lowest BCUT2D eigenvalue weighted by Crippen LogP contribution is -2.38. The van der Waals surface area contributed by atoms with Gasteiger partial charge in [0.1, 0.15) is 5.82 Å². The quantitative estimate of drug-likeness (QED) is 0.761. The summed E-state index contributed by atoms with van der Waals surface area (Å²) >= 11 is 1.29. The lowest BCUT2D eigenvalue weighted by atomic mass is 10.0. The Labute approximate surface area is 163 Å². The maximum Gasteiger partial charge on any atom is 0.248 e. The van der Waals surface area contributed by atoms with Gasteiger partial charge in [0.05, 0.1) is 23.2 Å². The van der Waals surface area contributed by atoms with E-state index >= 15 is 0 Å². The number of carbonyl (C=O) groups is 1. The molecule has 0 radical (unpaired) electrons. The maximum absolute atomic E-state index is 14.4. The van der Waals surface area contributed by atoms with Crippen molar-refractivity contribution in [3.63, 3.8) is 0 Å². The Morgan fingerprint density at radius 1 is 1.22 bits per heavy atom. The molecule has 0 aromatic heterocycles. The number of carbonyl (C=O) groups excluding carboxylic acids is 1. The van der Waals surface area contributed by atoms with Crippen LogP contribution in [0.4, 0.5) is 10.1 Å². The number of nitrogens with zero attached hydrogens (tertiary/aromatic N) is 2. The van der Waals surface area contributed by atoms with Gasteiger partial charge in [-0.3, -0.25) is 4.79 Å². The predicted octanol–water partition coefficient (Wildman–Crippen LogP) is 3.40. The Morgan fingerprint density at radius 3 is 2.70 bits per heavy atom. The second kappa shape index (κ2) is 7.54. The molecule has 2 atom stereocenters. The van der Waals surface area contributed by atoms with Gasteiger partial charge in [-0.25, -0.2) is 12.8 Å². The monoisotopic (exact) mass is 410 g/mol. The third-order valence-electron chi connectivity index (χ3n) is 5.64. The molecule has 0 bridgehead atoms. The smallest absolute Gasteiger partial charge is 0.248 e. The summed E-state index contributed by atoms with van der Waals surface area (Å²) < 4.78 is 38.5. The molecule has 27 heavy (non-hydrogen) atoms. The van der Waals surface area contributed by atoms with Crippen LogP contribution in [-0.4, -0.2) is 42.3 Å². The van der Waals surface area contributed by atoms with Crippen molar-refractivity contribution in [1.82, 2.24) is 0 Å². The Balaban J connectivity index is 1.57. The minimum atomic E-state index is -3.16. The average molecular weight is 411 g/mol. The molecule has 5 nitrogen and oxygen atoms in total. The number of hydrogen-bond donors (Lipinski definition) is 0. The van der Waals surface area contributed by atoms with Crippen LogP contribution in [0.15, 0.2) is 29.3 Å². The van der Waals surface area contributed by atoms with Crippen molar-refractivity contribution >= 4 is 38.4 Å². The molecular weight excluding hydrogens is 387 g/mol. The molecule has 1 aromatic carbocycles. The summed E-state index contributed by atoms with van der Waals surface area (Å²) in [5.74, 6) is -0.0167. The van der Waals surface area contributed by atoms with Crippen LogP contribution < -0.4 is 4.90 Å². The molecule has 1 amide bonds. The van der Waals surface area contributed by atoms with Gasteiger partial charge in [0.25, 0.3) is 0 Å². The van der Waals surface area contributed by atoms with Gasteiger partial charge in [-0.15, -0.1) is 0 Å². The van der Waals surface area contributed by atoms with E-state index in [2.05, 4.69) is 4.99 Å². The Morgan fingerprint density at radius 2 is 1.96 bits per heavy atom. The fourth-order valence-electron chi connectivity index (χ4n) is 4.28. The third-order valence-corrected chi connectivity index (χ3v) is 8.85. The van der Waals surface area contributed by atoms with E-state index in [1.165, 1.54) is 43.5 Å². The standard InChI is InChI=1S/C19H23FN2O3S2/c20-14-7-3-4-8-15(14)22-16-11-27(24,25)12-17(16)26-19(22)21-18(23)10-9-13-5-1-2-6-13/h3-4,7-8,13,16-17H,1-2,5-6,9-12H2/t16-,17-/m0/s1. The number of hydrogen-bond acceptors (Lipinski definition) is 4. The second-order valence-corrected chi connectivity index (χ2v) is 11.0. The SMILES string of the molecule is O=C(CCC1CCCC1)N=C1S[C@H]2CS(=O)(=O)C[C@@H]2N1c1ccccc1F. The molecule has 0 unspecified atom stereocenters. The second-order valence-electron chi connectivity index (χ2n) is 7.60. The minimum Gasteiger partial charge on any atom is -0.313 e. The fourth-order valence-corrected chi connectivity index (χ4v) is 8.21. The molecule has 2 heterocycles. The van der Waals surface area contributed by atoms with Crippen molar-refractivity contribution in [3.8, 4) is 0 Å². The summed E-state index contributed by atoms with van der Waals surface area (Å²) in [6.45, 7) is 0. The Bertz CT molecular complexity index is 865. The first-order valence-electron chi connectivity index (χ1n) is 9.45. The summed E-state index contributed by atoms with van der Waals surface area (Å²) in [6.07, 6.45) is 6.09. The molecule has 1 aliphatic carbocycles. The topological polar surface area (TPSA) is 66.8 Å². The van der Waals surface area contributed by atoms with E-state index in [1.54, 1.807) is 23.1 Å². The van der Waals surface area contributed by atoms with Crippen LogP contribution in [0.1, 0.15) is 38.5 Å². The normalized spacial score (nSPS) is 28.8. The molecule has 1 aromatic rings. The van der Waals surface area contributed by atoms with E-state index in [1.807, 2.05) is 0 Å². The fraction of sp³-hybridized carbons (Fsp3) is 0.579. The number of sulfone groups is 1. The van der Waals surface area contributed by atoms with E-state index in [4.69, 9.17) is 0 Å². The third kappa shape index (κ3) is 4.06. The van der Waals surface area contributed by atoms with E-state index in [0.29, 0.717) is 17.5 Å².